The molecule has 216 valence electrons. The Morgan fingerprint density at radius 1 is 1.20 bits per heavy atom. The van der Waals surface area contributed by atoms with E-state index in [0.29, 0.717) is 18.4 Å². The van der Waals surface area contributed by atoms with Crippen molar-refractivity contribution in [1.29, 1.82) is 0 Å². The van der Waals surface area contributed by atoms with Crippen LogP contribution in [0.5, 0.6) is 5.75 Å². The van der Waals surface area contributed by atoms with E-state index in [-0.39, 0.29) is 42.6 Å². The third-order valence-corrected chi connectivity index (χ3v) is 8.09. The minimum Gasteiger partial charge on any atom is -0.508 e. The van der Waals surface area contributed by atoms with E-state index < -0.39 is 30.0 Å². The zero-order valence-electron chi connectivity index (χ0n) is 24.3. The summed E-state index contributed by atoms with van der Waals surface area (Å²) in [6.45, 7) is 10.5. The first-order chi connectivity index (χ1) is 18.9. The minimum atomic E-state index is -1.95. The van der Waals surface area contributed by atoms with Gasteiger partial charge in [-0.1, -0.05) is 45.9 Å². The molecule has 8 nitrogen and oxygen atoms in total. The van der Waals surface area contributed by atoms with Crippen LogP contribution in [-0.2, 0) is 19.1 Å². The van der Waals surface area contributed by atoms with Crippen LogP contribution < -0.4 is 5.32 Å². The average molecular weight is 552 g/mol. The molecule has 3 unspecified atom stereocenters. The molecule has 0 radical (unpaired) electrons. The van der Waals surface area contributed by atoms with Crippen molar-refractivity contribution < 1.29 is 34.4 Å². The van der Waals surface area contributed by atoms with Crippen molar-refractivity contribution in [3.63, 3.8) is 0 Å². The molecule has 0 saturated carbocycles. The summed E-state index contributed by atoms with van der Waals surface area (Å²) in [4.78, 5) is 38.7. The number of rotatable bonds is 6. The Bertz CT molecular complexity index is 1320. The molecule has 1 aliphatic heterocycles. The van der Waals surface area contributed by atoms with E-state index >= 15 is 0 Å². The number of aliphatic hydroxyl groups is 2. The number of phenols is 1. The van der Waals surface area contributed by atoms with E-state index in [0.717, 1.165) is 33.4 Å². The number of carbonyl (C=O) groups is 3. The second kappa shape index (κ2) is 12.8. The van der Waals surface area contributed by atoms with Crippen molar-refractivity contribution >= 4 is 23.2 Å². The van der Waals surface area contributed by atoms with Crippen LogP contribution in [0.15, 0.2) is 58.2 Å². The molecule has 4 N–H and O–H groups in total. The lowest BCUT2D eigenvalue weighted by Gasteiger charge is -2.35. The highest BCUT2D eigenvalue weighted by atomic mass is 16.6. The molecule has 1 aliphatic carbocycles. The van der Waals surface area contributed by atoms with Gasteiger partial charge in [0.1, 0.15) is 19.0 Å². The summed E-state index contributed by atoms with van der Waals surface area (Å²) < 4.78 is 5.29. The number of hydrogen-bond donors (Lipinski definition) is 4. The summed E-state index contributed by atoms with van der Waals surface area (Å²) in [7, 11) is 0. The van der Waals surface area contributed by atoms with Gasteiger partial charge >= 0.3 is 5.97 Å². The molecular weight excluding hydrogens is 510 g/mol. The van der Waals surface area contributed by atoms with Crippen LogP contribution in [0.1, 0.15) is 65.0 Å². The number of Topliss-reactive ketones (excluding diaryl/α,β-unsaturated/α-hetero) is 1. The molecule has 0 bridgehead atoms. The second-order valence-corrected chi connectivity index (χ2v) is 10.8. The number of hydrogen-bond acceptors (Lipinski definition) is 7. The van der Waals surface area contributed by atoms with Gasteiger partial charge in [0.2, 0.25) is 5.91 Å². The fourth-order valence-electron chi connectivity index (χ4n) is 5.43. The number of ether oxygens (including phenoxy) is 1. The summed E-state index contributed by atoms with van der Waals surface area (Å²) in [5, 5.41) is 34.0. The first-order valence-corrected chi connectivity index (χ1v) is 13.9. The van der Waals surface area contributed by atoms with Gasteiger partial charge in [0.05, 0.1) is 0 Å². The molecule has 8 heteroatoms. The van der Waals surface area contributed by atoms with Crippen LogP contribution in [0.2, 0.25) is 0 Å². The number of aliphatic hydroxyl groups excluding tert-OH is 1. The van der Waals surface area contributed by atoms with Crippen molar-refractivity contribution in [2.45, 2.75) is 66.4 Å². The van der Waals surface area contributed by atoms with E-state index in [4.69, 9.17) is 4.74 Å². The maximum absolute atomic E-state index is 13.8. The molecule has 0 spiro atoms. The minimum absolute atomic E-state index is 0.0438. The van der Waals surface area contributed by atoms with Crippen molar-refractivity contribution in [3.05, 3.63) is 69.3 Å². The molecule has 1 amide bonds. The Kier molecular flexibility index (Phi) is 9.92. The SMILES string of the molecule is CC/C=C1C(\C)=C\C2=C(COC(=O)C2(O)CC)C(=O)C(C)C(C)CC\1=C(/CNC(=O)CO)c1cc(O)ccc1C. The number of cyclic esters (lactones) is 1. The van der Waals surface area contributed by atoms with Gasteiger partial charge in [-0.15, -0.1) is 0 Å². The molecule has 40 heavy (non-hydrogen) atoms. The first-order valence-electron chi connectivity index (χ1n) is 13.9. The molecular formula is C32H41NO7. The van der Waals surface area contributed by atoms with Gasteiger partial charge in [0, 0.05) is 23.6 Å². The number of allylic oxidation sites excluding steroid dienone is 4. The summed E-state index contributed by atoms with van der Waals surface area (Å²) in [5.74, 6) is -2.06. The molecule has 3 atom stereocenters. The zero-order chi connectivity index (χ0) is 29.8. The number of ketones is 1. The Balaban J connectivity index is 2.43. The van der Waals surface area contributed by atoms with Crippen LogP contribution in [0.25, 0.3) is 5.57 Å². The van der Waals surface area contributed by atoms with Crippen LogP contribution in [0.3, 0.4) is 0 Å². The van der Waals surface area contributed by atoms with Gasteiger partial charge in [-0.3, -0.25) is 9.59 Å². The van der Waals surface area contributed by atoms with E-state index in [1.54, 1.807) is 31.2 Å². The quantitative estimate of drug-likeness (QED) is 0.392. The van der Waals surface area contributed by atoms with Crippen LogP contribution in [0.4, 0.5) is 0 Å². The third-order valence-electron chi connectivity index (χ3n) is 8.09. The Labute approximate surface area is 236 Å². The summed E-state index contributed by atoms with van der Waals surface area (Å²) in [5.41, 5.74) is 3.45. The average Bonchev–Trinajstić information content (AvgIpc) is 2.93. The van der Waals surface area contributed by atoms with E-state index in [1.165, 1.54) is 0 Å². The summed E-state index contributed by atoms with van der Waals surface area (Å²) in [6.07, 6.45) is 4.97. The van der Waals surface area contributed by atoms with Gasteiger partial charge < -0.3 is 25.4 Å². The number of nitrogens with one attached hydrogen (secondary N) is 1. The van der Waals surface area contributed by atoms with E-state index in [2.05, 4.69) is 11.4 Å². The highest BCUT2D eigenvalue weighted by Crippen LogP contribution is 2.41. The van der Waals surface area contributed by atoms with Gasteiger partial charge in [-0.25, -0.2) is 4.79 Å². The fraction of sp³-hybridized carbons (Fsp3) is 0.469. The Morgan fingerprint density at radius 2 is 1.90 bits per heavy atom. The summed E-state index contributed by atoms with van der Waals surface area (Å²) in [6, 6.07) is 5.05. The molecule has 0 saturated heterocycles. The molecule has 1 aromatic rings. The van der Waals surface area contributed by atoms with E-state index in [1.807, 2.05) is 34.6 Å². The normalized spacial score (nSPS) is 27.5. The lowest BCUT2D eigenvalue weighted by molar-refractivity contribution is -0.163. The first kappa shape index (κ1) is 31.0. The van der Waals surface area contributed by atoms with Crippen molar-refractivity contribution in [2.24, 2.45) is 11.8 Å². The standard InChI is InChI=1S/C32H41NO7/c1-7-9-23-20(5)13-28-27(17-40-31(38)32(28,39)8-2)30(37)21(6)19(4)12-25(23)26(15-33-29(36)16-34)24-14-22(35)11-10-18(24)3/h9-11,13-14,19,21,34-35,39H,7-8,12,15-17H2,1-6H3,(H,33,36)/b20-13+,23-9+,26-25-. The number of amides is 1. The zero-order valence-corrected chi connectivity index (χ0v) is 24.3. The smallest absolute Gasteiger partial charge is 0.343 e. The molecule has 0 fully saturated rings. The highest BCUT2D eigenvalue weighted by molar-refractivity contribution is 6.02. The molecule has 1 aromatic carbocycles. The Morgan fingerprint density at radius 3 is 2.52 bits per heavy atom. The van der Waals surface area contributed by atoms with Gasteiger partial charge in [-0.2, -0.15) is 0 Å². The maximum atomic E-state index is 13.8. The van der Waals surface area contributed by atoms with Gasteiger partial charge in [-0.05, 0) is 84.6 Å². The number of phenolic OH excluding ortho intramolecular Hbond substituents is 1. The van der Waals surface area contributed by atoms with Gasteiger partial charge in [0.15, 0.2) is 11.4 Å². The largest absolute Gasteiger partial charge is 0.508 e. The Hall–Kier alpha value is -3.49. The predicted molar refractivity (Wildman–Crippen MR) is 153 cm³/mol. The van der Waals surface area contributed by atoms with Crippen LogP contribution >= 0.6 is 0 Å². The topological polar surface area (TPSA) is 133 Å². The van der Waals surface area contributed by atoms with E-state index in [9.17, 15) is 29.7 Å². The molecule has 1 heterocycles. The molecule has 3 rings (SSSR count). The summed E-state index contributed by atoms with van der Waals surface area (Å²) >= 11 is 0. The third kappa shape index (κ3) is 6.13. The maximum Gasteiger partial charge on any atom is 0.343 e. The van der Waals surface area contributed by atoms with Crippen LogP contribution in [-0.4, -0.2) is 58.3 Å². The highest BCUT2D eigenvalue weighted by Gasteiger charge is 2.46. The second-order valence-electron chi connectivity index (χ2n) is 10.8. The van der Waals surface area contributed by atoms with Crippen molar-refractivity contribution in [1.82, 2.24) is 5.32 Å². The number of carbonyl (C=O) groups excluding carboxylic acids is 3. The molecule has 0 aromatic heterocycles. The predicted octanol–water partition coefficient (Wildman–Crippen LogP) is 4.08. The lowest BCUT2D eigenvalue weighted by Crippen LogP contribution is -2.47. The molecule has 2 aliphatic rings. The van der Waals surface area contributed by atoms with Crippen molar-refractivity contribution in [2.75, 3.05) is 19.8 Å². The lowest BCUT2D eigenvalue weighted by atomic mass is 9.74. The monoisotopic (exact) mass is 551 g/mol. The number of aryl methyl sites for hydroxylation is 1. The fourth-order valence-corrected chi connectivity index (χ4v) is 5.43. The number of benzene rings is 1. The van der Waals surface area contributed by atoms with Crippen LogP contribution in [0, 0.1) is 18.8 Å². The van der Waals surface area contributed by atoms with Gasteiger partial charge in [0.25, 0.3) is 0 Å². The van der Waals surface area contributed by atoms with Crippen molar-refractivity contribution in [3.8, 4) is 5.75 Å². The number of aromatic hydroxyl groups is 1. The number of esters is 1.